The molecule has 0 amide bonds. The van der Waals surface area contributed by atoms with Crippen molar-refractivity contribution in [2.45, 2.75) is 103 Å². The number of hydrogen-bond donors (Lipinski definition) is 1. The van der Waals surface area contributed by atoms with Gasteiger partial charge in [-0.15, -0.1) is 0 Å². The van der Waals surface area contributed by atoms with E-state index in [1.54, 1.807) is 0 Å². The minimum atomic E-state index is -3.07. The molecule has 21 heavy (non-hydrogen) atoms. The van der Waals surface area contributed by atoms with Crippen LogP contribution in [-0.4, -0.2) is 20.7 Å². The molecule has 0 spiro atoms. The van der Waals surface area contributed by atoms with Crippen LogP contribution in [0.2, 0.25) is 0 Å². The van der Waals surface area contributed by atoms with Gasteiger partial charge in [-0.3, -0.25) is 0 Å². The Balaban J connectivity index is 3.86. The van der Waals surface area contributed by atoms with E-state index in [9.17, 15) is 8.42 Å². The summed E-state index contributed by atoms with van der Waals surface area (Å²) in [7, 11) is -3.07. The van der Waals surface area contributed by atoms with Crippen LogP contribution < -0.4 is 4.72 Å². The average Bonchev–Trinajstić information content (AvgIpc) is 2.40. The molecule has 0 saturated carbocycles. The van der Waals surface area contributed by atoms with Gasteiger partial charge in [-0.25, -0.2) is 13.1 Å². The molecule has 0 rings (SSSR count). The Hall–Kier alpha value is -0.0900. The first-order valence-corrected chi connectivity index (χ1v) is 10.9. The van der Waals surface area contributed by atoms with E-state index in [-0.39, 0.29) is 6.04 Å². The van der Waals surface area contributed by atoms with Gasteiger partial charge in [0.25, 0.3) is 0 Å². The summed E-state index contributed by atoms with van der Waals surface area (Å²) in [6.45, 7) is 4.44. The molecule has 0 aliphatic rings. The monoisotopic (exact) mass is 319 g/mol. The van der Waals surface area contributed by atoms with Crippen LogP contribution in [0.3, 0.4) is 0 Å². The highest BCUT2D eigenvalue weighted by Gasteiger charge is 2.13. The fourth-order valence-corrected chi connectivity index (χ4v) is 3.57. The molecule has 1 N–H and O–H groups in total. The summed E-state index contributed by atoms with van der Waals surface area (Å²) in [6, 6.07) is 0.146. The van der Waals surface area contributed by atoms with Gasteiger partial charge in [0.1, 0.15) is 0 Å². The number of nitrogens with one attached hydrogen (secondary N) is 1. The minimum Gasteiger partial charge on any atom is -0.213 e. The topological polar surface area (TPSA) is 46.2 Å². The lowest BCUT2D eigenvalue weighted by molar-refractivity contribution is 0.454. The van der Waals surface area contributed by atoms with Gasteiger partial charge < -0.3 is 0 Å². The molecule has 0 heterocycles. The Morgan fingerprint density at radius 3 is 1.48 bits per heavy atom. The van der Waals surface area contributed by atoms with Crippen LogP contribution in [0, 0.1) is 0 Å². The quantitative estimate of drug-likeness (QED) is 0.431. The lowest BCUT2D eigenvalue weighted by Crippen LogP contribution is -2.33. The van der Waals surface area contributed by atoms with Crippen molar-refractivity contribution in [3.05, 3.63) is 0 Å². The van der Waals surface area contributed by atoms with Crippen LogP contribution in [0.25, 0.3) is 0 Å². The highest BCUT2D eigenvalue weighted by atomic mass is 32.2. The van der Waals surface area contributed by atoms with Gasteiger partial charge in [-0.2, -0.15) is 0 Å². The first kappa shape index (κ1) is 20.9. The lowest BCUT2D eigenvalue weighted by Gasteiger charge is -2.17. The largest absolute Gasteiger partial charge is 0.213 e. The minimum absolute atomic E-state index is 0.146. The van der Waals surface area contributed by atoms with E-state index in [1.165, 1.54) is 64.0 Å². The summed E-state index contributed by atoms with van der Waals surface area (Å²) >= 11 is 0. The Morgan fingerprint density at radius 1 is 0.714 bits per heavy atom. The van der Waals surface area contributed by atoms with Crippen LogP contribution in [0.1, 0.15) is 97.3 Å². The summed E-state index contributed by atoms with van der Waals surface area (Å²) in [5, 5.41) is 0. The third kappa shape index (κ3) is 16.1. The molecule has 0 aromatic rings. The number of sulfonamides is 1. The van der Waals surface area contributed by atoms with Gasteiger partial charge in [0.05, 0.1) is 6.26 Å². The smallest absolute Gasteiger partial charge is 0.208 e. The SMILES string of the molecule is CCCCCCCCC(CCCCCCC)NS(C)(=O)=O. The van der Waals surface area contributed by atoms with Crippen molar-refractivity contribution in [2.24, 2.45) is 0 Å². The van der Waals surface area contributed by atoms with Gasteiger partial charge in [-0.05, 0) is 12.8 Å². The maximum atomic E-state index is 11.4. The van der Waals surface area contributed by atoms with Crippen molar-refractivity contribution >= 4 is 10.0 Å². The molecule has 1 unspecified atom stereocenters. The Labute approximate surface area is 133 Å². The van der Waals surface area contributed by atoms with E-state index in [0.717, 1.165) is 25.7 Å². The van der Waals surface area contributed by atoms with E-state index < -0.39 is 10.0 Å². The molecule has 0 bridgehead atoms. The Kier molecular flexibility index (Phi) is 13.5. The molecule has 0 radical (unpaired) electrons. The highest BCUT2D eigenvalue weighted by Crippen LogP contribution is 2.14. The van der Waals surface area contributed by atoms with Crippen molar-refractivity contribution in [1.82, 2.24) is 4.72 Å². The summed E-state index contributed by atoms with van der Waals surface area (Å²) < 4.78 is 25.7. The molecular formula is C17H37NO2S. The number of hydrogen-bond acceptors (Lipinski definition) is 2. The van der Waals surface area contributed by atoms with Crippen molar-refractivity contribution in [3.63, 3.8) is 0 Å². The van der Waals surface area contributed by atoms with Crippen LogP contribution in [0.5, 0.6) is 0 Å². The lowest BCUT2D eigenvalue weighted by atomic mass is 10.0. The predicted octanol–water partition coefficient (Wildman–Crippen LogP) is 5.02. The van der Waals surface area contributed by atoms with E-state index >= 15 is 0 Å². The average molecular weight is 320 g/mol. The molecule has 0 saturated heterocycles. The van der Waals surface area contributed by atoms with E-state index in [1.807, 2.05) is 0 Å². The van der Waals surface area contributed by atoms with Crippen molar-refractivity contribution in [2.75, 3.05) is 6.26 Å². The molecular weight excluding hydrogens is 282 g/mol. The molecule has 0 aliphatic carbocycles. The second kappa shape index (κ2) is 13.6. The van der Waals surface area contributed by atoms with Crippen LogP contribution in [0.15, 0.2) is 0 Å². The van der Waals surface area contributed by atoms with Crippen molar-refractivity contribution in [3.8, 4) is 0 Å². The van der Waals surface area contributed by atoms with Crippen LogP contribution in [0.4, 0.5) is 0 Å². The molecule has 0 aliphatic heterocycles. The first-order valence-electron chi connectivity index (χ1n) is 8.97. The van der Waals surface area contributed by atoms with Gasteiger partial charge in [0, 0.05) is 6.04 Å². The Bertz CT molecular complexity index is 315. The van der Waals surface area contributed by atoms with Gasteiger partial charge in [0.2, 0.25) is 10.0 Å². The highest BCUT2D eigenvalue weighted by molar-refractivity contribution is 7.88. The van der Waals surface area contributed by atoms with Crippen LogP contribution >= 0.6 is 0 Å². The van der Waals surface area contributed by atoms with Gasteiger partial charge >= 0.3 is 0 Å². The summed E-state index contributed by atoms with van der Waals surface area (Å²) in [6.07, 6.45) is 17.0. The van der Waals surface area contributed by atoms with Gasteiger partial charge in [0.15, 0.2) is 0 Å². The normalized spacial score (nSPS) is 13.5. The predicted molar refractivity (Wildman–Crippen MR) is 93.1 cm³/mol. The summed E-state index contributed by atoms with van der Waals surface area (Å²) in [5.41, 5.74) is 0. The molecule has 128 valence electrons. The first-order chi connectivity index (χ1) is 9.99. The van der Waals surface area contributed by atoms with E-state index in [2.05, 4.69) is 18.6 Å². The second-order valence-corrected chi connectivity index (χ2v) is 8.13. The van der Waals surface area contributed by atoms with Gasteiger partial charge in [-0.1, -0.05) is 84.5 Å². The zero-order valence-corrected chi connectivity index (χ0v) is 15.3. The molecule has 3 nitrogen and oxygen atoms in total. The molecule has 0 fully saturated rings. The van der Waals surface area contributed by atoms with Crippen molar-refractivity contribution < 1.29 is 8.42 Å². The Morgan fingerprint density at radius 2 is 1.10 bits per heavy atom. The number of rotatable bonds is 15. The molecule has 0 aromatic carbocycles. The summed E-state index contributed by atoms with van der Waals surface area (Å²) in [5.74, 6) is 0. The molecule has 0 aromatic heterocycles. The fraction of sp³-hybridized carbons (Fsp3) is 1.00. The maximum absolute atomic E-state index is 11.4. The van der Waals surface area contributed by atoms with Crippen molar-refractivity contribution in [1.29, 1.82) is 0 Å². The second-order valence-electron chi connectivity index (χ2n) is 6.35. The van der Waals surface area contributed by atoms with Crippen LogP contribution in [-0.2, 0) is 10.0 Å². The zero-order valence-electron chi connectivity index (χ0n) is 14.5. The van der Waals surface area contributed by atoms with E-state index in [4.69, 9.17) is 0 Å². The standard InChI is InChI=1S/C17H37NO2S/c1-4-6-8-10-12-14-16-17(18-21(3,19)20)15-13-11-9-7-5-2/h17-18H,4-16H2,1-3H3. The molecule has 4 heteroatoms. The number of unbranched alkanes of at least 4 members (excludes halogenated alkanes) is 9. The third-order valence-corrected chi connectivity index (χ3v) is 4.70. The zero-order chi connectivity index (χ0) is 16.0. The molecule has 1 atom stereocenters. The van der Waals surface area contributed by atoms with E-state index in [0.29, 0.717) is 0 Å². The summed E-state index contributed by atoms with van der Waals surface area (Å²) in [4.78, 5) is 0. The fourth-order valence-electron chi connectivity index (χ4n) is 2.73. The maximum Gasteiger partial charge on any atom is 0.208 e. The third-order valence-electron chi connectivity index (χ3n) is 3.94.